The van der Waals surface area contributed by atoms with Crippen LogP contribution in [-0.2, 0) is 32.6 Å². The summed E-state index contributed by atoms with van der Waals surface area (Å²) in [5.41, 5.74) is 10.7. The first-order chi connectivity index (χ1) is 18.9. The van der Waals surface area contributed by atoms with Crippen molar-refractivity contribution in [3.63, 3.8) is 0 Å². The zero-order valence-electron chi connectivity index (χ0n) is 22.5. The first-order valence-electron chi connectivity index (χ1n) is 13.2. The average Bonchev–Trinajstić information content (AvgIpc) is 3.27. The molecule has 7 nitrogen and oxygen atoms in total. The molecule has 3 aromatic carbocycles. The summed E-state index contributed by atoms with van der Waals surface area (Å²) < 4.78 is 31.4. The number of nitrogens with zero attached hydrogens (tertiary/aromatic N) is 2. The summed E-state index contributed by atoms with van der Waals surface area (Å²) in [5.74, 6) is 0. The molecule has 1 fully saturated rings. The third-order valence-electron chi connectivity index (χ3n) is 7.16. The lowest BCUT2D eigenvalue weighted by Crippen LogP contribution is -2.38. The minimum absolute atomic E-state index is 0.281. The van der Waals surface area contributed by atoms with Crippen molar-refractivity contribution < 1.29 is 18.0 Å². The number of rotatable bonds is 10. The Labute approximate surface area is 230 Å². The lowest BCUT2D eigenvalue weighted by atomic mass is 9.95. The van der Waals surface area contributed by atoms with E-state index in [9.17, 15) is 8.42 Å². The van der Waals surface area contributed by atoms with Crippen LogP contribution in [0.4, 0.5) is 5.69 Å². The first-order valence-corrected chi connectivity index (χ1v) is 15.1. The molecule has 1 aliphatic rings. The zero-order valence-corrected chi connectivity index (χ0v) is 23.3. The molecule has 5 rings (SSSR count). The average molecular weight is 546 g/mol. The number of sulfone groups is 1. The molecule has 204 valence electrons. The molecule has 0 amide bonds. The Hall–Kier alpha value is -3.43. The van der Waals surface area contributed by atoms with Crippen LogP contribution in [0.1, 0.15) is 11.1 Å². The van der Waals surface area contributed by atoms with Crippen LogP contribution in [0.5, 0.6) is 0 Å². The smallest absolute Gasteiger partial charge is 0.175 e. The lowest BCUT2D eigenvalue weighted by Gasteiger charge is -2.27. The standard InChI is InChI=1S/C31H35N3O4S/c1-24-26(23-38-32-27-12-14-28(15-13-27)39(2,35)36)22-34(17-16-33-18-20-37-21-19-33)31(24)30-11-7-6-10-29(30)25-8-4-3-5-9-25/h3-15,22,32H,16-21,23H2,1-2H3. The third kappa shape index (κ3) is 6.59. The quantitative estimate of drug-likeness (QED) is 0.269. The molecule has 0 saturated carbocycles. The second kappa shape index (κ2) is 12.2. The zero-order chi connectivity index (χ0) is 27.2. The Morgan fingerprint density at radius 2 is 1.54 bits per heavy atom. The van der Waals surface area contributed by atoms with Gasteiger partial charge in [-0.3, -0.25) is 15.2 Å². The number of morpholine rings is 1. The summed E-state index contributed by atoms with van der Waals surface area (Å²) in [5, 5.41) is 0. The van der Waals surface area contributed by atoms with Gasteiger partial charge in [0.05, 0.1) is 29.5 Å². The van der Waals surface area contributed by atoms with E-state index in [-0.39, 0.29) is 4.90 Å². The van der Waals surface area contributed by atoms with E-state index < -0.39 is 9.84 Å². The van der Waals surface area contributed by atoms with Crippen LogP contribution in [-0.4, -0.2) is 57.0 Å². The topological polar surface area (TPSA) is 72.8 Å². The monoisotopic (exact) mass is 545 g/mol. The van der Waals surface area contributed by atoms with Gasteiger partial charge in [0.2, 0.25) is 0 Å². The van der Waals surface area contributed by atoms with E-state index in [0.717, 1.165) is 45.0 Å². The molecule has 0 bridgehead atoms. The predicted molar refractivity (Wildman–Crippen MR) is 155 cm³/mol. The fraction of sp³-hybridized carbons (Fsp3) is 0.290. The van der Waals surface area contributed by atoms with E-state index in [1.54, 1.807) is 24.3 Å². The molecule has 8 heteroatoms. The molecule has 0 radical (unpaired) electrons. The SMILES string of the molecule is Cc1c(CONc2ccc(S(C)(=O)=O)cc2)cn(CCN2CCOCC2)c1-c1ccccc1-c1ccccc1. The van der Waals surface area contributed by atoms with Gasteiger partial charge in [-0.15, -0.1) is 0 Å². The number of ether oxygens (including phenoxy) is 1. The highest BCUT2D eigenvalue weighted by Crippen LogP contribution is 2.36. The van der Waals surface area contributed by atoms with E-state index >= 15 is 0 Å². The second-order valence-electron chi connectivity index (χ2n) is 9.87. The van der Waals surface area contributed by atoms with Crippen molar-refractivity contribution in [3.05, 3.63) is 96.2 Å². The van der Waals surface area contributed by atoms with Crippen LogP contribution >= 0.6 is 0 Å². The van der Waals surface area contributed by atoms with Crippen molar-refractivity contribution in [2.24, 2.45) is 0 Å². The van der Waals surface area contributed by atoms with Crippen molar-refractivity contribution in [1.82, 2.24) is 9.47 Å². The number of nitrogens with one attached hydrogen (secondary N) is 1. The highest BCUT2D eigenvalue weighted by atomic mass is 32.2. The Morgan fingerprint density at radius 3 is 2.23 bits per heavy atom. The van der Waals surface area contributed by atoms with Gasteiger partial charge in [-0.05, 0) is 47.9 Å². The maximum atomic E-state index is 11.7. The highest BCUT2D eigenvalue weighted by Gasteiger charge is 2.19. The van der Waals surface area contributed by atoms with E-state index in [4.69, 9.17) is 9.57 Å². The maximum Gasteiger partial charge on any atom is 0.175 e. The van der Waals surface area contributed by atoms with Crippen LogP contribution in [0.3, 0.4) is 0 Å². The van der Waals surface area contributed by atoms with Gasteiger partial charge in [-0.25, -0.2) is 8.42 Å². The summed E-state index contributed by atoms with van der Waals surface area (Å²) in [6, 6.07) is 25.6. The van der Waals surface area contributed by atoms with Gasteiger partial charge in [0.15, 0.2) is 9.84 Å². The van der Waals surface area contributed by atoms with Crippen molar-refractivity contribution in [3.8, 4) is 22.4 Å². The fourth-order valence-corrected chi connectivity index (χ4v) is 5.63. The van der Waals surface area contributed by atoms with Gasteiger partial charge in [0, 0.05) is 49.8 Å². The van der Waals surface area contributed by atoms with Crippen molar-refractivity contribution in [2.45, 2.75) is 25.0 Å². The minimum atomic E-state index is -3.24. The van der Waals surface area contributed by atoms with Gasteiger partial charge >= 0.3 is 0 Å². The fourth-order valence-electron chi connectivity index (χ4n) is 5.00. The number of aromatic nitrogens is 1. The van der Waals surface area contributed by atoms with Gasteiger partial charge in [-0.2, -0.15) is 0 Å². The third-order valence-corrected chi connectivity index (χ3v) is 8.29. The Kier molecular flexibility index (Phi) is 8.47. The Bertz CT molecular complexity index is 1490. The molecule has 4 aromatic rings. The molecule has 1 aliphatic heterocycles. The van der Waals surface area contributed by atoms with Crippen molar-refractivity contribution >= 4 is 15.5 Å². The van der Waals surface area contributed by atoms with Crippen LogP contribution < -0.4 is 5.48 Å². The van der Waals surface area contributed by atoms with Gasteiger partial charge in [0.25, 0.3) is 0 Å². The molecule has 1 N–H and O–H groups in total. The van der Waals surface area contributed by atoms with Crippen molar-refractivity contribution in [2.75, 3.05) is 44.6 Å². The summed E-state index contributed by atoms with van der Waals surface area (Å²) >= 11 is 0. The van der Waals surface area contributed by atoms with E-state index in [1.165, 1.54) is 34.2 Å². The number of hydrogen-bond donors (Lipinski definition) is 1. The van der Waals surface area contributed by atoms with Gasteiger partial charge in [0.1, 0.15) is 6.61 Å². The van der Waals surface area contributed by atoms with Crippen LogP contribution in [0, 0.1) is 6.92 Å². The molecule has 0 atom stereocenters. The molecule has 2 heterocycles. The summed E-state index contributed by atoms with van der Waals surface area (Å²) in [7, 11) is -3.24. The number of hydrogen-bond acceptors (Lipinski definition) is 6. The molecular formula is C31H35N3O4S. The molecule has 39 heavy (non-hydrogen) atoms. The Morgan fingerprint density at radius 1 is 0.872 bits per heavy atom. The van der Waals surface area contributed by atoms with E-state index in [0.29, 0.717) is 12.3 Å². The lowest BCUT2D eigenvalue weighted by molar-refractivity contribution is 0.0364. The van der Waals surface area contributed by atoms with Crippen LogP contribution in [0.25, 0.3) is 22.4 Å². The summed E-state index contributed by atoms with van der Waals surface area (Å²) in [6.45, 7) is 7.80. The second-order valence-corrected chi connectivity index (χ2v) is 11.9. The van der Waals surface area contributed by atoms with Crippen molar-refractivity contribution in [1.29, 1.82) is 0 Å². The number of benzene rings is 3. The normalized spacial score (nSPS) is 14.4. The largest absolute Gasteiger partial charge is 0.379 e. The van der Waals surface area contributed by atoms with Crippen LogP contribution in [0.2, 0.25) is 0 Å². The molecule has 0 unspecified atom stereocenters. The Balaban J connectivity index is 1.41. The molecule has 0 spiro atoms. The predicted octanol–water partition coefficient (Wildman–Crippen LogP) is 5.41. The summed E-state index contributed by atoms with van der Waals surface area (Å²) in [6.07, 6.45) is 3.40. The molecular weight excluding hydrogens is 510 g/mol. The highest BCUT2D eigenvalue weighted by molar-refractivity contribution is 7.90. The van der Waals surface area contributed by atoms with E-state index in [1.807, 2.05) is 6.07 Å². The first kappa shape index (κ1) is 27.1. The molecule has 1 aromatic heterocycles. The van der Waals surface area contributed by atoms with Gasteiger partial charge in [-0.1, -0.05) is 54.6 Å². The number of anilines is 1. The molecule has 0 aliphatic carbocycles. The minimum Gasteiger partial charge on any atom is -0.379 e. The van der Waals surface area contributed by atoms with Gasteiger partial charge < -0.3 is 9.30 Å². The van der Waals surface area contributed by atoms with Crippen LogP contribution in [0.15, 0.2) is 90.0 Å². The van der Waals surface area contributed by atoms with E-state index in [2.05, 4.69) is 76.6 Å². The maximum absolute atomic E-state index is 11.7. The summed E-state index contributed by atoms with van der Waals surface area (Å²) in [4.78, 5) is 8.61. The molecule has 1 saturated heterocycles.